The lowest BCUT2D eigenvalue weighted by molar-refractivity contribution is -0.152. The highest BCUT2D eigenvalue weighted by atomic mass is 32.1. The van der Waals surface area contributed by atoms with Crippen molar-refractivity contribution in [3.05, 3.63) is 26.6 Å². The molecule has 2 heterocycles. The summed E-state index contributed by atoms with van der Waals surface area (Å²) in [5.41, 5.74) is 0.178. The van der Waals surface area contributed by atoms with Gasteiger partial charge in [0.1, 0.15) is 16.2 Å². The first-order chi connectivity index (χ1) is 13.4. The van der Waals surface area contributed by atoms with Crippen LogP contribution in [0.5, 0.6) is 0 Å². The van der Waals surface area contributed by atoms with E-state index in [1.807, 2.05) is 13.8 Å². The number of fused-ring (bicyclic) bond motifs is 3. The smallest absolute Gasteiger partial charge is 0.331 e. The van der Waals surface area contributed by atoms with Crippen molar-refractivity contribution in [2.45, 2.75) is 86.1 Å². The highest BCUT2D eigenvalue weighted by Gasteiger charge is 2.38. The Labute approximate surface area is 177 Å². The maximum Gasteiger partial charge on any atom is 0.331 e. The largest absolute Gasteiger partial charge is 0.464 e. The number of hydrogen-bond acceptors (Lipinski definition) is 5. The van der Waals surface area contributed by atoms with Gasteiger partial charge in [0.05, 0.1) is 12.0 Å². The highest BCUT2D eigenvalue weighted by Crippen LogP contribution is 2.42. The van der Waals surface area contributed by atoms with Crippen molar-refractivity contribution in [1.82, 2.24) is 9.55 Å². The van der Waals surface area contributed by atoms with E-state index in [1.165, 1.54) is 4.88 Å². The van der Waals surface area contributed by atoms with Crippen LogP contribution in [0.15, 0.2) is 4.79 Å². The summed E-state index contributed by atoms with van der Waals surface area (Å²) in [6.45, 7) is 16.5. The molecular formula is C23H34N2O3S. The van der Waals surface area contributed by atoms with Gasteiger partial charge in [-0.3, -0.25) is 9.36 Å². The minimum Gasteiger partial charge on any atom is -0.464 e. The zero-order chi connectivity index (χ0) is 21.7. The molecule has 0 amide bonds. The number of thiophene rings is 1. The zero-order valence-electron chi connectivity index (χ0n) is 19.0. The van der Waals surface area contributed by atoms with Gasteiger partial charge < -0.3 is 4.74 Å². The lowest BCUT2D eigenvalue weighted by Gasteiger charge is -2.33. The van der Waals surface area contributed by atoms with Crippen LogP contribution in [0.3, 0.4) is 0 Å². The van der Waals surface area contributed by atoms with E-state index < -0.39 is 11.5 Å². The number of carbonyl (C=O) groups excluding carboxylic acids is 1. The number of carbonyl (C=O) groups is 1. The van der Waals surface area contributed by atoms with Crippen molar-refractivity contribution in [3.8, 4) is 0 Å². The van der Waals surface area contributed by atoms with E-state index >= 15 is 0 Å². The van der Waals surface area contributed by atoms with Crippen LogP contribution in [-0.2, 0) is 27.9 Å². The second-order valence-electron chi connectivity index (χ2n) is 10.0. The van der Waals surface area contributed by atoms with E-state index in [4.69, 9.17) is 9.72 Å². The van der Waals surface area contributed by atoms with Crippen molar-refractivity contribution in [2.24, 2.45) is 11.3 Å². The van der Waals surface area contributed by atoms with Gasteiger partial charge in [0.25, 0.3) is 5.56 Å². The third-order valence-electron chi connectivity index (χ3n) is 6.18. The maximum absolute atomic E-state index is 13.7. The van der Waals surface area contributed by atoms with Crippen molar-refractivity contribution < 1.29 is 9.53 Å². The van der Waals surface area contributed by atoms with Crippen molar-refractivity contribution >= 4 is 27.5 Å². The molecule has 0 spiro atoms. The van der Waals surface area contributed by atoms with Gasteiger partial charge in [0.15, 0.2) is 0 Å². The molecule has 29 heavy (non-hydrogen) atoms. The number of aromatic nitrogens is 2. The van der Waals surface area contributed by atoms with Crippen LogP contribution in [-0.4, -0.2) is 22.1 Å². The Balaban J connectivity index is 2.24. The predicted octanol–water partition coefficient (Wildman–Crippen LogP) is 5.03. The number of hydrogen-bond donors (Lipinski definition) is 0. The molecule has 0 radical (unpaired) electrons. The molecule has 0 aliphatic heterocycles. The van der Waals surface area contributed by atoms with Crippen LogP contribution in [0.2, 0.25) is 0 Å². The van der Waals surface area contributed by atoms with Gasteiger partial charge in [-0.1, -0.05) is 34.6 Å². The summed E-state index contributed by atoms with van der Waals surface area (Å²) in [6, 6.07) is 0. The molecule has 160 valence electrons. The average molecular weight is 419 g/mol. The summed E-state index contributed by atoms with van der Waals surface area (Å²) in [6.07, 6.45) is 2.97. The quantitative estimate of drug-likeness (QED) is 0.653. The molecule has 0 aromatic carbocycles. The number of nitrogens with zero attached hydrogens (tertiary/aromatic N) is 2. The molecule has 1 aliphatic carbocycles. The lowest BCUT2D eigenvalue weighted by atomic mass is 9.72. The fourth-order valence-electron chi connectivity index (χ4n) is 4.31. The number of ether oxygens (including phenoxy) is 1. The van der Waals surface area contributed by atoms with E-state index in [1.54, 1.807) is 36.7 Å². The zero-order valence-corrected chi connectivity index (χ0v) is 19.8. The third kappa shape index (κ3) is 3.76. The van der Waals surface area contributed by atoms with Crippen molar-refractivity contribution in [3.63, 3.8) is 0 Å². The number of rotatable bonds is 4. The minimum absolute atomic E-state index is 0.0160. The Kier molecular flexibility index (Phi) is 5.71. The Morgan fingerprint density at radius 1 is 1.28 bits per heavy atom. The molecule has 6 heteroatoms. The van der Waals surface area contributed by atoms with Gasteiger partial charge in [0.2, 0.25) is 0 Å². The summed E-state index contributed by atoms with van der Waals surface area (Å²) in [7, 11) is 0. The summed E-state index contributed by atoms with van der Waals surface area (Å²) >= 11 is 1.66. The van der Waals surface area contributed by atoms with Crippen LogP contribution in [0.25, 0.3) is 10.2 Å². The molecule has 3 rings (SSSR count). The SMILES string of the molecule is CCOC(=O)C(C)(C)n1c(C(C)C)nc2sc3c(c2c1=O)CCC(C(C)(C)C)C3. The molecule has 0 N–H and O–H groups in total. The Bertz CT molecular complexity index is 992. The van der Waals surface area contributed by atoms with E-state index in [9.17, 15) is 9.59 Å². The summed E-state index contributed by atoms with van der Waals surface area (Å²) in [4.78, 5) is 33.5. The van der Waals surface area contributed by atoms with E-state index in [0.717, 1.165) is 29.7 Å². The third-order valence-corrected chi connectivity index (χ3v) is 7.33. The minimum atomic E-state index is -1.11. The Hall–Kier alpha value is -1.69. The first-order valence-corrected chi connectivity index (χ1v) is 11.5. The molecule has 0 saturated carbocycles. The first kappa shape index (κ1) is 22.0. The van der Waals surface area contributed by atoms with Crippen LogP contribution in [0.4, 0.5) is 0 Å². The van der Waals surface area contributed by atoms with Gasteiger partial charge in [-0.15, -0.1) is 11.3 Å². The van der Waals surface area contributed by atoms with Gasteiger partial charge in [0, 0.05) is 10.8 Å². The van der Waals surface area contributed by atoms with Crippen LogP contribution < -0.4 is 5.56 Å². The summed E-state index contributed by atoms with van der Waals surface area (Å²) < 4.78 is 6.87. The fourth-order valence-corrected chi connectivity index (χ4v) is 5.60. The van der Waals surface area contributed by atoms with Crippen molar-refractivity contribution in [1.29, 1.82) is 0 Å². The normalized spacial score (nSPS) is 17.6. The topological polar surface area (TPSA) is 61.2 Å². The van der Waals surface area contributed by atoms with E-state index in [-0.39, 0.29) is 23.5 Å². The molecule has 0 fully saturated rings. The monoisotopic (exact) mass is 418 g/mol. The Morgan fingerprint density at radius 3 is 2.48 bits per heavy atom. The second kappa shape index (κ2) is 7.53. The summed E-state index contributed by atoms with van der Waals surface area (Å²) in [5.74, 6) is 0.863. The highest BCUT2D eigenvalue weighted by molar-refractivity contribution is 7.18. The summed E-state index contributed by atoms with van der Waals surface area (Å²) in [5, 5.41) is 0.708. The van der Waals surface area contributed by atoms with Crippen molar-refractivity contribution in [2.75, 3.05) is 6.61 Å². The second-order valence-corrected chi connectivity index (χ2v) is 11.1. The van der Waals surface area contributed by atoms with Crippen LogP contribution >= 0.6 is 11.3 Å². The molecule has 2 aromatic rings. The molecule has 1 atom stereocenters. The number of esters is 1. The number of aryl methyl sites for hydroxylation is 1. The van der Waals surface area contributed by atoms with Crippen LogP contribution in [0.1, 0.15) is 84.0 Å². The Morgan fingerprint density at radius 2 is 1.93 bits per heavy atom. The molecular weight excluding hydrogens is 384 g/mol. The molecule has 2 aromatic heterocycles. The fraction of sp³-hybridized carbons (Fsp3) is 0.696. The first-order valence-electron chi connectivity index (χ1n) is 10.6. The van der Waals surface area contributed by atoms with Gasteiger partial charge in [-0.05, 0) is 56.9 Å². The van der Waals surface area contributed by atoms with Crippen LogP contribution in [0, 0.1) is 11.3 Å². The average Bonchev–Trinajstić information content (AvgIpc) is 2.98. The molecule has 1 unspecified atom stereocenters. The molecule has 5 nitrogen and oxygen atoms in total. The standard InChI is InChI=1S/C23H34N2O3S/c1-9-28-21(27)23(7,8)25-18(13(2)3)24-19-17(20(25)26)15-11-10-14(22(4,5)6)12-16(15)29-19/h13-14H,9-12H2,1-8H3. The maximum atomic E-state index is 13.7. The van der Waals surface area contributed by atoms with Gasteiger partial charge >= 0.3 is 5.97 Å². The predicted molar refractivity (Wildman–Crippen MR) is 119 cm³/mol. The molecule has 0 saturated heterocycles. The van der Waals surface area contributed by atoms with E-state index in [0.29, 0.717) is 17.1 Å². The lowest BCUT2D eigenvalue weighted by Crippen LogP contribution is -2.46. The van der Waals surface area contributed by atoms with E-state index in [2.05, 4.69) is 20.8 Å². The van der Waals surface area contributed by atoms with Gasteiger partial charge in [-0.25, -0.2) is 9.78 Å². The molecule has 0 bridgehead atoms. The van der Waals surface area contributed by atoms with Gasteiger partial charge in [-0.2, -0.15) is 0 Å². The molecule has 1 aliphatic rings.